The molecule has 3 nitrogen and oxygen atoms in total. The van der Waals surface area contributed by atoms with Gasteiger partial charge in [-0.25, -0.2) is 0 Å². The van der Waals surface area contributed by atoms with Crippen molar-refractivity contribution >= 4 is 29.8 Å². The number of phenols is 1. The molecule has 108 valence electrons. The van der Waals surface area contributed by atoms with Crippen LogP contribution in [0.25, 0.3) is 0 Å². The van der Waals surface area contributed by atoms with Gasteiger partial charge in [0.1, 0.15) is 5.75 Å². The van der Waals surface area contributed by atoms with Gasteiger partial charge in [-0.2, -0.15) is 0 Å². The van der Waals surface area contributed by atoms with Gasteiger partial charge in [0.05, 0.1) is 11.3 Å². The van der Waals surface area contributed by atoms with Crippen molar-refractivity contribution in [3.8, 4) is 5.75 Å². The number of carbonyl (C=O) groups excluding carboxylic acids is 1. The van der Waals surface area contributed by atoms with E-state index in [1.54, 1.807) is 6.07 Å². The molecular formula is C17H16ClNO2. The van der Waals surface area contributed by atoms with Gasteiger partial charge in [-0.3, -0.25) is 9.79 Å². The van der Waals surface area contributed by atoms with Crippen LogP contribution in [-0.2, 0) is 0 Å². The molecule has 0 aliphatic rings. The van der Waals surface area contributed by atoms with E-state index in [0.29, 0.717) is 16.9 Å². The summed E-state index contributed by atoms with van der Waals surface area (Å²) in [5.41, 5.74) is 4.72. The number of aliphatic imine (C=N–C) groups is 1. The van der Waals surface area contributed by atoms with E-state index >= 15 is 0 Å². The zero-order valence-corrected chi connectivity index (χ0v) is 12.9. The Bertz CT molecular complexity index is 713. The maximum absolute atomic E-state index is 10.9. The van der Waals surface area contributed by atoms with Crippen molar-refractivity contribution in [3.63, 3.8) is 0 Å². The first-order valence-corrected chi connectivity index (χ1v) is 6.89. The molecule has 0 radical (unpaired) electrons. The Morgan fingerprint density at radius 3 is 2.19 bits per heavy atom. The Morgan fingerprint density at radius 1 is 1.05 bits per heavy atom. The third-order valence-electron chi connectivity index (χ3n) is 3.23. The Morgan fingerprint density at radius 2 is 1.62 bits per heavy atom. The molecule has 0 aliphatic heterocycles. The van der Waals surface area contributed by atoms with Crippen LogP contribution in [0.15, 0.2) is 29.3 Å². The van der Waals surface area contributed by atoms with Crippen molar-refractivity contribution in [1.82, 2.24) is 0 Å². The Hall–Kier alpha value is -2.13. The number of carbonyl (C=O) groups is 1. The largest absolute Gasteiger partial charge is 0.507 e. The molecule has 1 N–H and O–H groups in total. The first-order valence-electron chi connectivity index (χ1n) is 6.52. The quantitative estimate of drug-likeness (QED) is 0.668. The van der Waals surface area contributed by atoms with E-state index in [1.165, 1.54) is 17.8 Å². The molecule has 0 unspecified atom stereocenters. The molecule has 0 heterocycles. The molecule has 2 rings (SSSR count). The van der Waals surface area contributed by atoms with Crippen molar-refractivity contribution in [2.45, 2.75) is 20.8 Å². The predicted molar refractivity (Wildman–Crippen MR) is 86.4 cm³/mol. The molecule has 2 aromatic carbocycles. The average Bonchev–Trinajstić information content (AvgIpc) is 2.40. The summed E-state index contributed by atoms with van der Waals surface area (Å²) >= 11 is 5.93. The standard InChI is InChI=1S/C17H16ClNO2/c1-10-4-11(2)16(12(3)5-10)19-8-13-6-15(18)7-14(9-20)17(13)21/h4-9,21H,1-3H3. The van der Waals surface area contributed by atoms with Crippen LogP contribution in [0.2, 0.25) is 5.02 Å². The summed E-state index contributed by atoms with van der Waals surface area (Å²) in [5.74, 6) is -0.111. The van der Waals surface area contributed by atoms with Crippen LogP contribution in [-0.4, -0.2) is 17.6 Å². The maximum atomic E-state index is 10.9. The third kappa shape index (κ3) is 3.31. The van der Waals surface area contributed by atoms with Crippen molar-refractivity contribution in [1.29, 1.82) is 0 Å². The van der Waals surface area contributed by atoms with Crippen molar-refractivity contribution in [3.05, 3.63) is 57.1 Å². The van der Waals surface area contributed by atoms with E-state index in [-0.39, 0.29) is 11.3 Å². The third-order valence-corrected chi connectivity index (χ3v) is 3.45. The minimum atomic E-state index is -0.111. The lowest BCUT2D eigenvalue weighted by atomic mass is 10.1. The molecule has 0 aromatic heterocycles. The van der Waals surface area contributed by atoms with Gasteiger partial charge in [0, 0.05) is 16.8 Å². The summed E-state index contributed by atoms with van der Waals surface area (Å²) in [5, 5.41) is 10.4. The Labute approximate surface area is 128 Å². The summed E-state index contributed by atoms with van der Waals surface area (Å²) in [6.45, 7) is 6.01. The number of hydrogen-bond acceptors (Lipinski definition) is 3. The fraction of sp³-hybridized carbons (Fsp3) is 0.176. The monoisotopic (exact) mass is 301 g/mol. The van der Waals surface area contributed by atoms with E-state index in [0.717, 1.165) is 16.8 Å². The van der Waals surface area contributed by atoms with E-state index in [2.05, 4.69) is 4.99 Å². The van der Waals surface area contributed by atoms with Crippen LogP contribution >= 0.6 is 11.6 Å². The smallest absolute Gasteiger partial charge is 0.153 e. The molecular weight excluding hydrogens is 286 g/mol. The zero-order valence-electron chi connectivity index (χ0n) is 12.1. The predicted octanol–water partition coefficient (Wildman–Crippen LogP) is 4.53. The number of halogens is 1. The molecule has 0 amide bonds. The topological polar surface area (TPSA) is 49.7 Å². The van der Waals surface area contributed by atoms with Crippen molar-refractivity contribution < 1.29 is 9.90 Å². The highest BCUT2D eigenvalue weighted by atomic mass is 35.5. The summed E-state index contributed by atoms with van der Waals surface area (Å²) < 4.78 is 0. The lowest BCUT2D eigenvalue weighted by Gasteiger charge is -2.07. The summed E-state index contributed by atoms with van der Waals surface area (Å²) in [6, 6.07) is 7.10. The molecule has 2 aromatic rings. The Kier molecular flexibility index (Phi) is 4.43. The highest BCUT2D eigenvalue weighted by Gasteiger charge is 2.08. The van der Waals surface area contributed by atoms with Gasteiger partial charge in [0.25, 0.3) is 0 Å². The minimum absolute atomic E-state index is 0.111. The van der Waals surface area contributed by atoms with E-state index < -0.39 is 0 Å². The molecule has 0 bridgehead atoms. The molecule has 0 fully saturated rings. The average molecular weight is 302 g/mol. The summed E-state index contributed by atoms with van der Waals surface area (Å²) in [4.78, 5) is 15.3. The van der Waals surface area contributed by atoms with Crippen LogP contribution in [0.3, 0.4) is 0 Å². The lowest BCUT2D eigenvalue weighted by Crippen LogP contribution is -1.90. The highest BCUT2D eigenvalue weighted by Crippen LogP contribution is 2.28. The number of aldehydes is 1. The zero-order chi connectivity index (χ0) is 15.6. The van der Waals surface area contributed by atoms with Crippen molar-refractivity contribution in [2.24, 2.45) is 4.99 Å². The first-order chi connectivity index (χ1) is 9.92. The van der Waals surface area contributed by atoms with Gasteiger partial charge in [-0.1, -0.05) is 29.3 Å². The maximum Gasteiger partial charge on any atom is 0.153 e. The number of benzene rings is 2. The minimum Gasteiger partial charge on any atom is -0.507 e. The van der Waals surface area contributed by atoms with Gasteiger partial charge in [0.2, 0.25) is 0 Å². The fourth-order valence-corrected chi connectivity index (χ4v) is 2.58. The van der Waals surface area contributed by atoms with Gasteiger partial charge >= 0.3 is 0 Å². The van der Waals surface area contributed by atoms with E-state index in [9.17, 15) is 9.90 Å². The van der Waals surface area contributed by atoms with Crippen molar-refractivity contribution in [2.75, 3.05) is 0 Å². The SMILES string of the molecule is Cc1cc(C)c(N=Cc2cc(Cl)cc(C=O)c2O)c(C)c1. The molecule has 0 aliphatic carbocycles. The lowest BCUT2D eigenvalue weighted by molar-refractivity contribution is 0.112. The normalized spacial score (nSPS) is 11.0. The van der Waals surface area contributed by atoms with Crippen LogP contribution in [0.4, 0.5) is 5.69 Å². The number of phenolic OH excluding ortho intramolecular Hbond substituents is 1. The summed E-state index contributed by atoms with van der Waals surface area (Å²) in [6.07, 6.45) is 2.10. The number of nitrogens with zero attached hydrogens (tertiary/aromatic N) is 1. The molecule has 4 heteroatoms. The van der Waals surface area contributed by atoms with Crippen LogP contribution in [0.5, 0.6) is 5.75 Å². The van der Waals surface area contributed by atoms with Gasteiger partial charge in [0.15, 0.2) is 6.29 Å². The fourth-order valence-electron chi connectivity index (χ4n) is 2.34. The number of aromatic hydroxyl groups is 1. The van der Waals surface area contributed by atoms with Crippen LogP contribution in [0.1, 0.15) is 32.6 Å². The van der Waals surface area contributed by atoms with E-state index in [1.807, 2.05) is 32.9 Å². The Balaban J connectivity index is 2.48. The van der Waals surface area contributed by atoms with Gasteiger partial charge in [-0.05, 0) is 44.0 Å². The van der Waals surface area contributed by atoms with Gasteiger partial charge < -0.3 is 5.11 Å². The highest BCUT2D eigenvalue weighted by molar-refractivity contribution is 6.31. The second kappa shape index (κ2) is 6.10. The number of aryl methyl sites for hydroxylation is 3. The number of rotatable bonds is 3. The number of hydrogen-bond donors (Lipinski definition) is 1. The molecule has 21 heavy (non-hydrogen) atoms. The van der Waals surface area contributed by atoms with Gasteiger partial charge in [-0.15, -0.1) is 0 Å². The second-order valence-electron chi connectivity index (χ2n) is 5.06. The molecule has 0 saturated heterocycles. The van der Waals surface area contributed by atoms with Crippen LogP contribution in [0, 0.1) is 20.8 Å². The van der Waals surface area contributed by atoms with E-state index in [4.69, 9.17) is 11.6 Å². The van der Waals surface area contributed by atoms with Crippen LogP contribution < -0.4 is 0 Å². The second-order valence-corrected chi connectivity index (χ2v) is 5.49. The molecule has 0 spiro atoms. The molecule has 0 saturated carbocycles. The first kappa shape index (κ1) is 15.3. The molecule has 0 atom stereocenters. The summed E-state index contributed by atoms with van der Waals surface area (Å²) in [7, 11) is 0.